The zero-order chi connectivity index (χ0) is 13.4. The molecule has 0 amide bonds. The summed E-state index contributed by atoms with van der Waals surface area (Å²) in [7, 11) is 5.71. The minimum absolute atomic E-state index is 0.672. The number of nitrogens with zero attached hydrogens (tertiary/aromatic N) is 3. The molecule has 2 aromatic rings. The normalized spacial score (nSPS) is 14.5. The van der Waals surface area contributed by atoms with Crippen molar-refractivity contribution < 1.29 is 4.74 Å². The van der Waals surface area contributed by atoms with E-state index in [0.29, 0.717) is 5.92 Å². The van der Waals surface area contributed by atoms with Gasteiger partial charge in [-0.15, -0.1) is 0 Å². The molecule has 0 spiro atoms. The maximum atomic E-state index is 5.24. The minimum Gasteiger partial charge on any atom is -0.496 e. The first kappa shape index (κ1) is 12.1. The first-order chi connectivity index (χ1) is 9.19. The quantitative estimate of drug-likeness (QED) is 0.842. The molecule has 1 aromatic heterocycles. The zero-order valence-corrected chi connectivity index (χ0v) is 11.6. The molecule has 1 aliphatic carbocycles. The standard InChI is InChI=1S/C15H18N3O/c1-17(2)15-8-12(19-3)6-7-14(15)18-9-13(16-10-18)11-4-5-11/h7-11H,4-5H2,1-3H3. The van der Waals surface area contributed by atoms with Gasteiger partial charge >= 0.3 is 0 Å². The number of rotatable bonds is 4. The molecular weight excluding hydrogens is 238 g/mol. The lowest BCUT2D eigenvalue weighted by molar-refractivity contribution is 0.414. The predicted molar refractivity (Wildman–Crippen MR) is 75.3 cm³/mol. The van der Waals surface area contributed by atoms with Crippen molar-refractivity contribution >= 4 is 5.69 Å². The third-order valence-electron chi connectivity index (χ3n) is 3.46. The van der Waals surface area contributed by atoms with Crippen LogP contribution in [-0.4, -0.2) is 30.8 Å². The molecule has 0 unspecified atom stereocenters. The average molecular weight is 256 g/mol. The van der Waals surface area contributed by atoms with Gasteiger partial charge in [0.05, 0.1) is 30.5 Å². The van der Waals surface area contributed by atoms with Gasteiger partial charge in [-0.2, -0.15) is 0 Å². The number of hydrogen-bond donors (Lipinski definition) is 0. The molecule has 1 fully saturated rings. The molecule has 19 heavy (non-hydrogen) atoms. The Morgan fingerprint density at radius 2 is 2.21 bits per heavy atom. The van der Waals surface area contributed by atoms with Crippen molar-refractivity contribution in [2.45, 2.75) is 18.8 Å². The van der Waals surface area contributed by atoms with Gasteiger partial charge in [-0.05, 0) is 18.9 Å². The summed E-state index contributed by atoms with van der Waals surface area (Å²) in [5.41, 5.74) is 3.36. The van der Waals surface area contributed by atoms with E-state index in [-0.39, 0.29) is 0 Å². The number of ether oxygens (including phenoxy) is 1. The number of hydrogen-bond acceptors (Lipinski definition) is 3. The van der Waals surface area contributed by atoms with E-state index in [2.05, 4.69) is 26.7 Å². The van der Waals surface area contributed by atoms with Crippen LogP contribution >= 0.6 is 0 Å². The first-order valence-electron chi connectivity index (χ1n) is 6.50. The molecule has 0 bridgehead atoms. The van der Waals surface area contributed by atoms with Crippen molar-refractivity contribution in [2.75, 3.05) is 26.1 Å². The Balaban J connectivity index is 2.01. The monoisotopic (exact) mass is 256 g/mol. The van der Waals surface area contributed by atoms with Gasteiger partial charge in [0.15, 0.2) is 0 Å². The molecule has 4 heteroatoms. The number of methoxy groups -OCH3 is 1. The van der Waals surface area contributed by atoms with Crippen LogP contribution in [-0.2, 0) is 0 Å². The van der Waals surface area contributed by atoms with Crippen LogP contribution in [0.1, 0.15) is 24.5 Å². The van der Waals surface area contributed by atoms with Crippen molar-refractivity contribution in [3.8, 4) is 11.4 Å². The van der Waals surface area contributed by atoms with Crippen LogP contribution < -0.4 is 9.64 Å². The topological polar surface area (TPSA) is 30.3 Å². The van der Waals surface area contributed by atoms with Gasteiger partial charge in [-0.1, -0.05) is 0 Å². The highest BCUT2D eigenvalue weighted by Crippen LogP contribution is 2.39. The minimum atomic E-state index is 0.672. The lowest BCUT2D eigenvalue weighted by Gasteiger charge is -2.18. The second kappa shape index (κ2) is 4.61. The van der Waals surface area contributed by atoms with Crippen molar-refractivity contribution in [3.63, 3.8) is 0 Å². The second-order valence-electron chi connectivity index (χ2n) is 5.15. The predicted octanol–water partition coefficient (Wildman–Crippen LogP) is 2.62. The van der Waals surface area contributed by atoms with Gasteiger partial charge in [-0.3, -0.25) is 0 Å². The average Bonchev–Trinajstić information content (AvgIpc) is 3.16. The Kier molecular flexibility index (Phi) is 2.93. The molecule has 0 atom stereocenters. The van der Waals surface area contributed by atoms with E-state index in [1.807, 2.05) is 32.6 Å². The lowest BCUT2D eigenvalue weighted by Crippen LogP contribution is -2.12. The van der Waals surface area contributed by atoms with E-state index >= 15 is 0 Å². The van der Waals surface area contributed by atoms with E-state index in [4.69, 9.17) is 4.74 Å². The van der Waals surface area contributed by atoms with Gasteiger partial charge < -0.3 is 14.2 Å². The number of aromatic nitrogens is 2. The van der Waals surface area contributed by atoms with E-state index in [1.54, 1.807) is 7.11 Å². The van der Waals surface area contributed by atoms with E-state index < -0.39 is 0 Å². The summed E-state index contributed by atoms with van der Waals surface area (Å²) < 4.78 is 7.31. The van der Waals surface area contributed by atoms with Crippen LogP contribution in [0, 0.1) is 6.07 Å². The summed E-state index contributed by atoms with van der Waals surface area (Å²) in [5, 5.41) is 0. The van der Waals surface area contributed by atoms with Gasteiger partial charge in [0.25, 0.3) is 0 Å². The van der Waals surface area contributed by atoms with Gasteiger partial charge in [-0.25, -0.2) is 4.98 Å². The van der Waals surface area contributed by atoms with Gasteiger partial charge in [0, 0.05) is 38.3 Å². The maximum absolute atomic E-state index is 5.24. The molecule has 1 saturated carbocycles. The van der Waals surface area contributed by atoms with Crippen LogP contribution in [0.25, 0.3) is 5.69 Å². The SMILES string of the molecule is COc1[c]cc(-n2cnc(C3CC3)c2)c(N(C)C)c1. The van der Waals surface area contributed by atoms with E-state index in [9.17, 15) is 0 Å². The van der Waals surface area contributed by atoms with Crippen molar-refractivity contribution in [3.05, 3.63) is 36.4 Å². The van der Waals surface area contributed by atoms with Crippen LogP contribution in [0.4, 0.5) is 5.69 Å². The lowest BCUT2D eigenvalue weighted by atomic mass is 10.2. The molecule has 4 nitrogen and oxygen atoms in total. The van der Waals surface area contributed by atoms with Crippen LogP contribution in [0.5, 0.6) is 5.75 Å². The maximum Gasteiger partial charge on any atom is 0.129 e. The highest BCUT2D eigenvalue weighted by molar-refractivity contribution is 5.64. The molecule has 1 aromatic carbocycles. The van der Waals surface area contributed by atoms with Crippen LogP contribution in [0.15, 0.2) is 24.7 Å². The van der Waals surface area contributed by atoms with Gasteiger partial charge in [0.1, 0.15) is 5.75 Å². The van der Waals surface area contributed by atoms with E-state index in [0.717, 1.165) is 17.1 Å². The number of anilines is 1. The Labute approximate surface area is 113 Å². The highest BCUT2D eigenvalue weighted by atomic mass is 16.5. The molecule has 99 valence electrons. The summed E-state index contributed by atoms with van der Waals surface area (Å²) in [6.07, 6.45) is 6.55. The fourth-order valence-electron chi connectivity index (χ4n) is 2.20. The molecule has 1 heterocycles. The summed E-state index contributed by atoms with van der Waals surface area (Å²) >= 11 is 0. The van der Waals surface area contributed by atoms with Crippen molar-refractivity contribution in [2.24, 2.45) is 0 Å². The third kappa shape index (κ3) is 2.30. The van der Waals surface area contributed by atoms with Crippen LogP contribution in [0.3, 0.4) is 0 Å². The van der Waals surface area contributed by atoms with Gasteiger partial charge in [0.2, 0.25) is 0 Å². The smallest absolute Gasteiger partial charge is 0.129 e. The summed E-state index contributed by atoms with van der Waals surface area (Å²) in [5.74, 6) is 1.42. The molecule has 1 radical (unpaired) electrons. The molecular formula is C15H18N3O. The summed E-state index contributed by atoms with van der Waals surface area (Å²) in [4.78, 5) is 6.57. The molecule has 1 aliphatic rings. The zero-order valence-electron chi connectivity index (χ0n) is 11.6. The third-order valence-corrected chi connectivity index (χ3v) is 3.46. The Hall–Kier alpha value is -1.97. The summed E-state index contributed by atoms with van der Waals surface area (Å²) in [6.45, 7) is 0. The van der Waals surface area contributed by atoms with E-state index in [1.165, 1.54) is 18.5 Å². The Morgan fingerprint density at radius 1 is 1.42 bits per heavy atom. The first-order valence-corrected chi connectivity index (χ1v) is 6.50. The number of benzene rings is 1. The largest absolute Gasteiger partial charge is 0.496 e. The van der Waals surface area contributed by atoms with Crippen molar-refractivity contribution in [1.82, 2.24) is 9.55 Å². The molecule has 0 aliphatic heterocycles. The molecule has 0 N–H and O–H groups in total. The van der Waals surface area contributed by atoms with Crippen LogP contribution in [0.2, 0.25) is 0 Å². The summed E-state index contributed by atoms with van der Waals surface area (Å²) in [6, 6.07) is 7.08. The second-order valence-corrected chi connectivity index (χ2v) is 5.15. The highest BCUT2D eigenvalue weighted by Gasteiger charge is 2.26. The fraction of sp³-hybridized carbons (Fsp3) is 0.400. The number of imidazole rings is 1. The fourth-order valence-corrected chi connectivity index (χ4v) is 2.20. The Bertz CT molecular complexity index is 585. The molecule has 3 rings (SSSR count). The molecule has 0 saturated heterocycles. The van der Waals surface area contributed by atoms with Crippen molar-refractivity contribution in [1.29, 1.82) is 0 Å². The Morgan fingerprint density at radius 3 is 2.84 bits per heavy atom.